The summed E-state index contributed by atoms with van der Waals surface area (Å²) < 4.78 is 49.4. The van der Waals surface area contributed by atoms with Gasteiger partial charge in [-0.2, -0.15) is 0 Å². The first-order chi connectivity index (χ1) is 22.5. The molecule has 47 heavy (non-hydrogen) atoms. The van der Waals surface area contributed by atoms with Crippen molar-refractivity contribution >= 4 is 27.5 Å². The van der Waals surface area contributed by atoms with E-state index in [0.717, 1.165) is 15.4 Å². The largest absolute Gasteiger partial charge is 0.492 e. The molecule has 8 nitrogen and oxygen atoms in total. The average Bonchev–Trinajstić information content (AvgIpc) is 3.07. The number of sulfonamides is 1. The number of benzene rings is 4. The summed E-state index contributed by atoms with van der Waals surface area (Å²) in [5.74, 6) is -1.14. The van der Waals surface area contributed by atoms with E-state index in [1.807, 2.05) is 51.1 Å². The lowest BCUT2D eigenvalue weighted by atomic mass is 10.0. The number of hydrogen-bond donors (Lipinski definition) is 1. The van der Waals surface area contributed by atoms with Crippen molar-refractivity contribution in [2.45, 2.75) is 64.1 Å². The molecule has 248 valence electrons. The van der Waals surface area contributed by atoms with Gasteiger partial charge in [0.1, 0.15) is 24.2 Å². The van der Waals surface area contributed by atoms with Gasteiger partial charge in [0.2, 0.25) is 11.8 Å². The number of carbonyl (C=O) groups excluding carboxylic acids is 2. The lowest BCUT2D eigenvalue weighted by molar-refractivity contribution is -0.140. The van der Waals surface area contributed by atoms with Crippen LogP contribution in [0.25, 0.3) is 0 Å². The number of aryl methyl sites for hydroxylation is 1. The van der Waals surface area contributed by atoms with Crippen LogP contribution >= 0.6 is 0 Å². The Bertz CT molecular complexity index is 1730. The SMILES string of the molecule is CCOc1ccccc1N(CC(=O)N(Cc1ccc(F)cc1)[C@@H](Cc1ccccc1)C(=O)N[C@H](C)CC)S(=O)(=O)c1ccc(C)cc1. The number of carbonyl (C=O) groups is 2. The van der Waals surface area contributed by atoms with Gasteiger partial charge in [0.15, 0.2) is 0 Å². The monoisotopic (exact) mass is 659 g/mol. The third-order valence-corrected chi connectivity index (χ3v) is 9.63. The highest BCUT2D eigenvalue weighted by molar-refractivity contribution is 7.92. The van der Waals surface area contributed by atoms with Gasteiger partial charge in [-0.1, -0.05) is 79.2 Å². The van der Waals surface area contributed by atoms with Gasteiger partial charge in [-0.3, -0.25) is 13.9 Å². The molecular weight excluding hydrogens is 617 g/mol. The quantitative estimate of drug-likeness (QED) is 0.162. The molecule has 0 aliphatic carbocycles. The molecule has 0 radical (unpaired) electrons. The second-order valence-corrected chi connectivity index (χ2v) is 13.3. The molecular formula is C37H42FN3O5S. The molecule has 0 aliphatic heterocycles. The van der Waals surface area contributed by atoms with Gasteiger partial charge in [-0.05, 0) is 74.7 Å². The van der Waals surface area contributed by atoms with Crippen LogP contribution in [0, 0.1) is 12.7 Å². The van der Waals surface area contributed by atoms with Crippen LogP contribution in [0.15, 0.2) is 108 Å². The van der Waals surface area contributed by atoms with Crippen molar-refractivity contribution in [1.29, 1.82) is 0 Å². The predicted molar refractivity (Wildman–Crippen MR) is 182 cm³/mol. The fourth-order valence-electron chi connectivity index (χ4n) is 5.07. The zero-order valence-corrected chi connectivity index (χ0v) is 28.0. The topological polar surface area (TPSA) is 96.0 Å². The first kappa shape index (κ1) is 35.2. The molecule has 0 bridgehead atoms. The number of ether oxygens (including phenoxy) is 1. The van der Waals surface area contributed by atoms with E-state index in [9.17, 15) is 22.4 Å². The Kier molecular flexibility index (Phi) is 12.1. The summed E-state index contributed by atoms with van der Waals surface area (Å²) in [7, 11) is -4.29. The summed E-state index contributed by atoms with van der Waals surface area (Å²) in [4.78, 5) is 29.9. The first-order valence-corrected chi connectivity index (χ1v) is 17.2. The molecule has 0 fully saturated rings. The van der Waals surface area contributed by atoms with Gasteiger partial charge >= 0.3 is 0 Å². The molecule has 2 atom stereocenters. The van der Waals surface area contributed by atoms with Gasteiger partial charge in [-0.15, -0.1) is 0 Å². The highest BCUT2D eigenvalue weighted by Crippen LogP contribution is 2.33. The second kappa shape index (κ2) is 16.2. The summed E-state index contributed by atoms with van der Waals surface area (Å²) in [5, 5.41) is 3.01. The van der Waals surface area contributed by atoms with Crippen LogP contribution in [-0.4, -0.2) is 50.4 Å². The van der Waals surface area contributed by atoms with E-state index in [1.54, 1.807) is 55.5 Å². The molecule has 0 spiro atoms. The Morgan fingerprint density at radius 3 is 2.13 bits per heavy atom. The molecule has 0 unspecified atom stereocenters. The van der Waals surface area contributed by atoms with Crippen LogP contribution in [0.4, 0.5) is 10.1 Å². The number of nitrogens with zero attached hydrogens (tertiary/aromatic N) is 2. The minimum atomic E-state index is -4.29. The molecule has 0 aliphatic rings. The van der Waals surface area contributed by atoms with Crippen molar-refractivity contribution in [2.24, 2.45) is 0 Å². The Labute approximate surface area is 277 Å². The maximum Gasteiger partial charge on any atom is 0.264 e. The normalized spacial score (nSPS) is 12.5. The number of rotatable bonds is 15. The van der Waals surface area contributed by atoms with Crippen LogP contribution in [0.1, 0.15) is 43.9 Å². The van der Waals surface area contributed by atoms with Crippen LogP contribution < -0.4 is 14.4 Å². The highest BCUT2D eigenvalue weighted by Gasteiger charge is 2.35. The lowest BCUT2D eigenvalue weighted by Crippen LogP contribution is -2.54. The molecule has 1 N–H and O–H groups in total. The fourth-order valence-corrected chi connectivity index (χ4v) is 6.50. The van der Waals surface area contributed by atoms with Crippen molar-refractivity contribution in [3.05, 3.63) is 126 Å². The van der Waals surface area contributed by atoms with E-state index >= 15 is 0 Å². The zero-order chi connectivity index (χ0) is 34.0. The highest BCUT2D eigenvalue weighted by atomic mass is 32.2. The van der Waals surface area contributed by atoms with Crippen molar-refractivity contribution in [2.75, 3.05) is 17.5 Å². The number of nitrogens with one attached hydrogen (secondary N) is 1. The third-order valence-electron chi connectivity index (χ3n) is 7.86. The molecule has 2 amide bonds. The van der Waals surface area contributed by atoms with Gasteiger partial charge < -0.3 is 15.0 Å². The predicted octanol–water partition coefficient (Wildman–Crippen LogP) is 6.28. The number of halogens is 1. The Morgan fingerprint density at radius 1 is 0.851 bits per heavy atom. The summed E-state index contributed by atoms with van der Waals surface area (Å²) in [6, 6.07) is 26.8. The Hall–Kier alpha value is -4.70. The van der Waals surface area contributed by atoms with Crippen LogP contribution in [0.3, 0.4) is 0 Å². The maximum atomic E-state index is 14.6. The Balaban J connectivity index is 1.84. The fraction of sp³-hybridized carbons (Fsp3) is 0.297. The van der Waals surface area contributed by atoms with E-state index in [1.165, 1.54) is 29.2 Å². The summed E-state index contributed by atoms with van der Waals surface area (Å²) in [6.45, 7) is 7.06. The van der Waals surface area contributed by atoms with Crippen LogP contribution in [-0.2, 0) is 32.6 Å². The van der Waals surface area contributed by atoms with E-state index in [4.69, 9.17) is 4.74 Å². The molecule has 4 aromatic rings. The molecule has 4 aromatic carbocycles. The Morgan fingerprint density at radius 2 is 1.49 bits per heavy atom. The van der Waals surface area contributed by atoms with Gasteiger partial charge in [0, 0.05) is 19.0 Å². The van der Waals surface area contributed by atoms with Gasteiger partial charge in [0.05, 0.1) is 17.2 Å². The second-order valence-electron chi connectivity index (χ2n) is 11.4. The molecule has 0 saturated heterocycles. The summed E-state index contributed by atoms with van der Waals surface area (Å²) in [6.07, 6.45) is 0.850. The standard InChI is InChI=1S/C37H42FN3O5S/c1-5-28(4)39-37(43)34(24-29-12-8-7-9-13-29)40(25-30-18-20-31(38)21-19-30)36(42)26-41(33-14-10-11-15-35(33)46-6-2)47(44,45)32-22-16-27(3)17-23-32/h7-23,28,34H,5-6,24-26H2,1-4H3,(H,39,43)/t28-,34+/m1/s1. The van der Waals surface area contributed by atoms with E-state index < -0.39 is 34.3 Å². The van der Waals surface area contributed by atoms with E-state index in [0.29, 0.717) is 17.7 Å². The maximum absolute atomic E-state index is 14.6. The van der Waals surface area contributed by atoms with E-state index in [-0.39, 0.29) is 42.1 Å². The molecule has 4 rings (SSSR count). The van der Waals surface area contributed by atoms with Crippen LogP contribution in [0.2, 0.25) is 0 Å². The van der Waals surface area contributed by atoms with Crippen molar-refractivity contribution in [3.8, 4) is 5.75 Å². The number of anilines is 1. The van der Waals surface area contributed by atoms with Gasteiger partial charge in [0.25, 0.3) is 10.0 Å². The third kappa shape index (κ3) is 9.19. The molecule has 0 heterocycles. The summed E-state index contributed by atoms with van der Waals surface area (Å²) in [5.41, 5.74) is 2.47. The van der Waals surface area contributed by atoms with Crippen LogP contribution in [0.5, 0.6) is 5.75 Å². The smallest absolute Gasteiger partial charge is 0.264 e. The minimum Gasteiger partial charge on any atom is -0.492 e. The number of para-hydroxylation sites is 2. The molecule has 0 saturated carbocycles. The average molecular weight is 660 g/mol. The number of amides is 2. The van der Waals surface area contributed by atoms with Crippen molar-refractivity contribution in [1.82, 2.24) is 10.2 Å². The lowest BCUT2D eigenvalue weighted by Gasteiger charge is -2.34. The first-order valence-electron chi connectivity index (χ1n) is 15.7. The zero-order valence-electron chi connectivity index (χ0n) is 27.2. The summed E-state index contributed by atoms with van der Waals surface area (Å²) >= 11 is 0. The molecule has 0 aromatic heterocycles. The van der Waals surface area contributed by atoms with E-state index in [2.05, 4.69) is 5.32 Å². The minimum absolute atomic E-state index is 0.00244. The van der Waals surface area contributed by atoms with Gasteiger partial charge in [-0.25, -0.2) is 12.8 Å². The van der Waals surface area contributed by atoms with Crippen molar-refractivity contribution in [3.63, 3.8) is 0 Å². The molecule has 10 heteroatoms. The number of hydrogen-bond acceptors (Lipinski definition) is 5. The van der Waals surface area contributed by atoms with Crippen molar-refractivity contribution < 1.29 is 27.1 Å².